The molecule has 2 rings (SSSR count). The molecule has 0 aromatic carbocycles. The zero-order chi connectivity index (χ0) is 6.81. The molecule has 7 nitrogen and oxygen atoms in total. The monoisotopic (exact) mass is 217 g/mol. The lowest BCUT2D eigenvalue weighted by Crippen LogP contribution is -3.00. The minimum absolute atomic E-state index is 0. The van der Waals surface area contributed by atoms with Gasteiger partial charge in [0.05, 0.1) is 0 Å². The summed E-state index contributed by atoms with van der Waals surface area (Å²) < 4.78 is 1.53. The molecule has 0 atom stereocenters. The Balaban J connectivity index is 0.000000605. The van der Waals surface area contributed by atoms with Gasteiger partial charge in [0.25, 0.3) is 12.1 Å². The summed E-state index contributed by atoms with van der Waals surface area (Å²) in [6.07, 6.45) is 3.05. The van der Waals surface area contributed by atoms with Gasteiger partial charge < -0.3 is 17.0 Å². The molecule has 0 unspecified atom stereocenters. The lowest BCUT2D eigenvalue weighted by Gasteiger charge is -1.78. The number of hydrogen-bond acceptors (Lipinski definition) is 4. The fourth-order valence-electron chi connectivity index (χ4n) is 0.599. The molecule has 0 spiro atoms. The number of hydrogen-bond donors (Lipinski definition) is 2. The van der Waals surface area contributed by atoms with Crippen LogP contribution in [0.1, 0.15) is 0 Å². The van der Waals surface area contributed by atoms with E-state index in [0.717, 1.165) is 0 Å². The van der Waals surface area contributed by atoms with Gasteiger partial charge >= 0.3 is 0 Å². The zero-order valence-electron chi connectivity index (χ0n) is 5.27. The smallest absolute Gasteiger partial charge is 0.298 e. The highest BCUT2D eigenvalue weighted by Gasteiger charge is 2.04. The molecule has 0 radical (unpaired) electrons. The predicted molar refractivity (Wildman–Crippen MR) is 27.9 cm³/mol. The Morgan fingerprint density at radius 3 is 2.91 bits per heavy atom. The predicted octanol–water partition coefficient (Wildman–Crippen LogP) is -4.80. The fraction of sp³-hybridized carbons (Fsp3) is 0. The zero-order valence-corrected chi connectivity index (χ0v) is 6.85. The van der Waals surface area contributed by atoms with Crippen LogP contribution in [0.2, 0.25) is 0 Å². The molecule has 2 aromatic heterocycles. The summed E-state index contributed by atoms with van der Waals surface area (Å²) in [5.41, 5.74) is 0. The molecule has 0 aliphatic rings. The van der Waals surface area contributed by atoms with Crippen molar-refractivity contribution in [1.29, 1.82) is 0 Å². The Hall–Kier alpha value is -1.31. The Bertz CT molecular complexity index is 253. The van der Waals surface area contributed by atoms with Crippen molar-refractivity contribution >= 4 is 0 Å². The molecule has 0 aliphatic carbocycles. The van der Waals surface area contributed by atoms with E-state index in [2.05, 4.69) is 30.9 Å². The van der Waals surface area contributed by atoms with Gasteiger partial charge in [-0.25, -0.2) is 0 Å². The van der Waals surface area contributed by atoms with E-state index in [9.17, 15) is 0 Å². The van der Waals surface area contributed by atoms with Gasteiger partial charge in [-0.2, -0.15) is 5.10 Å². The summed E-state index contributed by atoms with van der Waals surface area (Å²) in [5, 5.41) is 19.5. The van der Waals surface area contributed by atoms with Gasteiger partial charge in [-0.15, -0.1) is 9.90 Å². The van der Waals surface area contributed by atoms with Crippen LogP contribution in [0.5, 0.6) is 0 Å². The highest BCUT2D eigenvalue weighted by Crippen LogP contribution is 1.80. The molecule has 8 heteroatoms. The molecule has 0 saturated heterocycles. The SMILES string of the molecule is [Br-].c1n[nH]nc1-[n+]1cnn[nH]1. The maximum atomic E-state index is 3.77. The van der Waals surface area contributed by atoms with Gasteiger partial charge in [0.2, 0.25) is 0 Å². The minimum atomic E-state index is 0. The number of aromatic nitrogens is 7. The molecule has 2 N–H and O–H groups in total. The van der Waals surface area contributed by atoms with Crippen LogP contribution >= 0.6 is 0 Å². The van der Waals surface area contributed by atoms with Crippen molar-refractivity contribution in [2.24, 2.45) is 0 Å². The largest absolute Gasteiger partial charge is 1.00 e. The van der Waals surface area contributed by atoms with Crippen LogP contribution < -0.4 is 21.7 Å². The van der Waals surface area contributed by atoms with E-state index >= 15 is 0 Å². The Morgan fingerprint density at radius 1 is 1.45 bits per heavy atom. The summed E-state index contributed by atoms with van der Waals surface area (Å²) in [7, 11) is 0. The molecule has 11 heavy (non-hydrogen) atoms. The highest BCUT2D eigenvalue weighted by atomic mass is 79.9. The minimum Gasteiger partial charge on any atom is -1.00 e. The standard InChI is InChI=1S/C3H3N7.BrH/c1-3(6-7-4-1)10-2-5-8-9-10;/h1-2H,(H,4,6,7);1H. The third-order valence-corrected chi connectivity index (χ3v) is 1.03. The molecular weight excluding hydrogens is 214 g/mol. The van der Waals surface area contributed by atoms with Crippen molar-refractivity contribution in [3.8, 4) is 5.82 Å². The summed E-state index contributed by atoms with van der Waals surface area (Å²) >= 11 is 0. The first-order valence-corrected chi connectivity index (χ1v) is 2.60. The van der Waals surface area contributed by atoms with E-state index in [1.807, 2.05) is 0 Å². The third kappa shape index (κ3) is 1.40. The molecule has 0 saturated carbocycles. The van der Waals surface area contributed by atoms with Crippen molar-refractivity contribution in [1.82, 2.24) is 30.9 Å². The summed E-state index contributed by atoms with van der Waals surface area (Å²) in [4.78, 5) is 0. The Kier molecular flexibility index (Phi) is 2.26. The highest BCUT2D eigenvalue weighted by molar-refractivity contribution is 4.95. The van der Waals surface area contributed by atoms with Gasteiger partial charge in [-0.3, -0.25) is 0 Å². The van der Waals surface area contributed by atoms with Crippen LogP contribution in [0.15, 0.2) is 12.5 Å². The number of nitrogens with one attached hydrogen (secondary N) is 2. The molecule has 0 amide bonds. The summed E-state index contributed by atoms with van der Waals surface area (Å²) in [6, 6.07) is 0. The lowest BCUT2D eigenvalue weighted by molar-refractivity contribution is -0.664. The van der Waals surface area contributed by atoms with Crippen LogP contribution in [-0.4, -0.2) is 30.9 Å². The van der Waals surface area contributed by atoms with Crippen molar-refractivity contribution < 1.29 is 21.7 Å². The Labute approximate surface area is 71.6 Å². The average molecular weight is 218 g/mol. The number of rotatable bonds is 1. The molecule has 2 heterocycles. The van der Waals surface area contributed by atoms with Crippen LogP contribution in [0.4, 0.5) is 0 Å². The van der Waals surface area contributed by atoms with E-state index < -0.39 is 0 Å². The van der Waals surface area contributed by atoms with Crippen molar-refractivity contribution in [2.45, 2.75) is 0 Å². The van der Waals surface area contributed by atoms with Gasteiger partial charge in [-0.1, -0.05) is 5.21 Å². The van der Waals surface area contributed by atoms with Crippen LogP contribution in [0.25, 0.3) is 5.82 Å². The van der Waals surface area contributed by atoms with Gasteiger partial charge in [0, 0.05) is 5.10 Å². The first-order valence-electron chi connectivity index (χ1n) is 2.60. The van der Waals surface area contributed by atoms with Crippen molar-refractivity contribution in [3.63, 3.8) is 0 Å². The van der Waals surface area contributed by atoms with Crippen LogP contribution in [0.3, 0.4) is 0 Å². The van der Waals surface area contributed by atoms with Crippen molar-refractivity contribution in [3.05, 3.63) is 12.5 Å². The second kappa shape index (κ2) is 3.19. The van der Waals surface area contributed by atoms with Gasteiger partial charge in [0.1, 0.15) is 11.4 Å². The Morgan fingerprint density at radius 2 is 2.36 bits per heavy atom. The van der Waals surface area contributed by atoms with Gasteiger partial charge in [0.15, 0.2) is 0 Å². The van der Waals surface area contributed by atoms with E-state index in [1.54, 1.807) is 6.20 Å². The van der Waals surface area contributed by atoms with E-state index in [-0.39, 0.29) is 17.0 Å². The number of halogens is 1. The van der Waals surface area contributed by atoms with E-state index in [1.165, 1.54) is 11.0 Å². The topological polar surface area (TPSA) is 87.0 Å². The molecule has 0 fully saturated rings. The number of aromatic amines is 2. The maximum absolute atomic E-state index is 3.77. The van der Waals surface area contributed by atoms with E-state index in [0.29, 0.717) is 5.82 Å². The normalized spacial score (nSPS) is 9.09. The van der Waals surface area contributed by atoms with Gasteiger partial charge in [-0.05, 0) is 5.10 Å². The quantitative estimate of drug-likeness (QED) is 0.470. The van der Waals surface area contributed by atoms with Crippen molar-refractivity contribution in [2.75, 3.05) is 0 Å². The molecule has 58 valence electrons. The third-order valence-electron chi connectivity index (χ3n) is 1.03. The fourth-order valence-corrected chi connectivity index (χ4v) is 0.599. The molecule has 2 aromatic rings. The number of nitrogens with zero attached hydrogens (tertiary/aromatic N) is 5. The summed E-state index contributed by atoms with van der Waals surface area (Å²) in [5.74, 6) is 0.630. The number of tetrazole rings is 1. The van der Waals surface area contributed by atoms with E-state index in [4.69, 9.17) is 0 Å². The molecular formula is C3H4BrN7. The first-order chi connectivity index (χ1) is 4.97. The maximum Gasteiger partial charge on any atom is 0.298 e. The summed E-state index contributed by atoms with van der Waals surface area (Å²) in [6.45, 7) is 0. The molecule has 0 aliphatic heterocycles. The second-order valence-electron chi connectivity index (χ2n) is 1.63. The lowest BCUT2D eigenvalue weighted by atomic mass is 10.8. The average Bonchev–Trinajstić information content (AvgIpc) is 2.59. The number of H-pyrrole nitrogens is 2. The first kappa shape index (κ1) is 7.79. The van der Waals surface area contributed by atoms with Crippen LogP contribution in [-0.2, 0) is 0 Å². The molecule has 0 bridgehead atoms. The van der Waals surface area contributed by atoms with Crippen LogP contribution in [0, 0.1) is 0 Å². The second-order valence-corrected chi connectivity index (χ2v) is 1.63.